The van der Waals surface area contributed by atoms with Crippen LogP contribution in [-0.4, -0.2) is 36.0 Å². The molecule has 1 fully saturated rings. The normalized spacial score (nSPS) is 16.1. The third-order valence-corrected chi connectivity index (χ3v) is 4.15. The fourth-order valence-corrected chi connectivity index (χ4v) is 2.49. The molecule has 1 saturated heterocycles. The van der Waals surface area contributed by atoms with Crippen LogP contribution in [0.2, 0.25) is 5.02 Å². The standard InChI is InChI=1S/C17H24ClN3O2/c1-17(2,3)15(22)19-14-8-10-21(11-9-14)16(23)20-13-6-4-12(18)5-7-13/h4-7,14H,8-11H2,1-3H3,(H,19,22)(H,20,23). The lowest BCUT2D eigenvalue weighted by atomic mass is 9.94. The summed E-state index contributed by atoms with van der Waals surface area (Å²) in [5.74, 6) is 0.0570. The highest BCUT2D eigenvalue weighted by Gasteiger charge is 2.27. The minimum absolute atomic E-state index is 0.0570. The molecule has 0 bridgehead atoms. The van der Waals surface area contributed by atoms with Crippen molar-refractivity contribution in [2.75, 3.05) is 18.4 Å². The van der Waals surface area contributed by atoms with Gasteiger partial charge in [-0.05, 0) is 37.1 Å². The molecule has 2 N–H and O–H groups in total. The number of piperidine rings is 1. The van der Waals surface area contributed by atoms with Crippen molar-refractivity contribution in [1.82, 2.24) is 10.2 Å². The van der Waals surface area contributed by atoms with Gasteiger partial charge in [0.05, 0.1) is 0 Å². The number of rotatable bonds is 2. The molecule has 0 saturated carbocycles. The summed E-state index contributed by atoms with van der Waals surface area (Å²) in [5.41, 5.74) is 0.339. The van der Waals surface area contributed by atoms with E-state index in [1.165, 1.54) is 0 Å². The highest BCUT2D eigenvalue weighted by Crippen LogP contribution is 2.18. The van der Waals surface area contributed by atoms with E-state index in [-0.39, 0.29) is 23.4 Å². The van der Waals surface area contributed by atoms with Gasteiger partial charge < -0.3 is 15.5 Å². The van der Waals surface area contributed by atoms with Crippen LogP contribution in [0.3, 0.4) is 0 Å². The van der Waals surface area contributed by atoms with E-state index in [0.29, 0.717) is 18.1 Å². The molecule has 23 heavy (non-hydrogen) atoms. The molecular weight excluding hydrogens is 314 g/mol. The summed E-state index contributed by atoms with van der Waals surface area (Å²) >= 11 is 5.83. The first kappa shape index (κ1) is 17.6. The van der Waals surface area contributed by atoms with Crippen molar-refractivity contribution in [3.8, 4) is 0 Å². The molecule has 1 aromatic rings. The summed E-state index contributed by atoms with van der Waals surface area (Å²) < 4.78 is 0. The molecule has 1 heterocycles. The van der Waals surface area contributed by atoms with E-state index >= 15 is 0 Å². The molecule has 0 unspecified atom stereocenters. The number of anilines is 1. The second-order valence-corrected chi connectivity index (χ2v) is 7.36. The van der Waals surface area contributed by atoms with E-state index in [2.05, 4.69) is 10.6 Å². The molecule has 0 spiro atoms. The molecule has 0 aromatic heterocycles. The van der Waals surface area contributed by atoms with Gasteiger partial charge in [0.25, 0.3) is 0 Å². The van der Waals surface area contributed by atoms with Gasteiger partial charge in [0.1, 0.15) is 0 Å². The summed E-state index contributed by atoms with van der Waals surface area (Å²) in [6, 6.07) is 7.05. The van der Waals surface area contributed by atoms with Crippen molar-refractivity contribution in [3.63, 3.8) is 0 Å². The van der Waals surface area contributed by atoms with Crippen LogP contribution in [0.5, 0.6) is 0 Å². The Hall–Kier alpha value is -1.75. The van der Waals surface area contributed by atoms with Crippen LogP contribution in [-0.2, 0) is 4.79 Å². The van der Waals surface area contributed by atoms with Crippen LogP contribution in [0.4, 0.5) is 10.5 Å². The lowest BCUT2D eigenvalue weighted by Gasteiger charge is -2.33. The Labute approximate surface area is 142 Å². The van der Waals surface area contributed by atoms with Crippen LogP contribution < -0.4 is 10.6 Å². The number of carbonyl (C=O) groups is 2. The van der Waals surface area contributed by atoms with Gasteiger partial charge in [-0.2, -0.15) is 0 Å². The van der Waals surface area contributed by atoms with Crippen molar-refractivity contribution in [2.24, 2.45) is 5.41 Å². The van der Waals surface area contributed by atoms with Crippen LogP contribution >= 0.6 is 11.6 Å². The Morgan fingerprint density at radius 3 is 2.22 bits per heavy atom. The molecule has 2 rings (SSSR count). The monoisotopic (exact) mass is 337 g/mol. The maximum absolute atomic E-state index is 12.2. The van der Waals surface area contributed by atoms with Gasteiger partial charge in [0.2, 0.25) is 5.91 Å². The maximum atomic E-state index is 12.2. The molecule has 0 radical (unpaired) electrons. The van der Waals surface area contributed by atoms with Crippen LogP contribution in [0.15, 0.2) is 24.3 Å². The zero-order valence-corrected chi connectivity index (χ0v) is 14.6. The van der Waals surface area contributed by atoms with E-state index in [0.717, 1.165) is 18.5 Å². The van der Waals surface area contributed by atoms with Crippen LogP contribution in [0.25, 0.3) is 0 Å². The predicted molar refractivity (Wildman–Crippen MR) is 92.7 cm³/mol. The first-order valence-corrected chi connectivity index (χ1v) is 8.26. The fourth-order valence-electron chi connectivity index (χ4n) is 2.36. The predicted octanol–water partition coefficient (Wildman–Crippen LogP) is 3.50. The first-order chi connectivity index (χ1) is 10.8. The number of hydrogen-bond acceptors (Lipinski definition) is 2. The molecule has 1 aromatic carbocycles. The Balaban J connectivity index is 1.81. The van der Waals surface area contributed by atoms with Crippen molar-refractivity contribution in [1.29, 1.82) is 0 Å². The lowest BCUT2D eigenvalue weighted by molar-refractivity contribution is -0.129. The largest absolute Gasteiger partial charge is 0.353 e. The Kier molecular flexibility index (Phi) is 5.52. The Morgan fingerprint density at radius 2 is 1.70 bits per heavy atom. The summed E-state index contributed by atoms with van der Waals surface area (Å²) in [6.45, 7) is 6.97. The average molecular weight is 338 g/mol. The number of benzene rings is 1. The smallest absolute Gasteiger partial charge is 0.321 e. The number of nitrogens with zero attached hydrogens (tertiary/aromatic N) is 1. The summed E-state index contributed by atoms with van der Waals surface area (Å²) in [4.78, 5) is 26.0. The topological polar surface area (TPSA) is 61.4 Å². The number of nitrogens with one attached hydrogen (secondary N) is 2. The second-order valence-electron chi connectivity index (χ2n) is 6.92. The van der Waals surface area contributed by atoms with Crippen molar-refractivity contribution in [2.45, 2.75) is 39.7 Å². The summed E-state index contributed by atoms with van der Waals surface area (Å²) in [6.07, 6.45) is 1.55. The lowest BCUT2D eigenvalue weighted by Crippen LogP contribution is -2.49. The second kappa shape index (κ2) is 7.21. The fraction of sp³-hybridized carbons (Fsp3) is 0.529. The molecule has 126 valence electrons. The van der Waals surface area contributed by atoms with Gasteiger partial charge >= 0.3 is 6.03 Å². The van der Waals surface area contributed by atoms with Gasteiger partial charge in [-0.3, -0.25) is 4.79 Å². The molecule has 0 atom stereocenters. The van der Waals surface area contributed by atoms with E-state index in [4.69, 9.17) is 11.6 Å². The van der Waals surface area contributed by atoms with Crippen molar-refractivity contribution in [3.05, 3.63) is 29.3 Å². The van der Waals surface area contributed by atoms with Gasteiger partial charge in [-0.1, -0.05) is 32.4 Å². The quantitative estimate of drug-likeness (QED) is 0.867. The highest BCUT2D eigenvalue weighted by molar-refractivity contribution is 6.30. The number of urea groups is 1. The molecule has 3 amide bonds. The summed E-state index contributed by atoms with van der Waals surface area (Å²) in [5, 5.41) is 6.56. The summed E-state index contributed by atoms with van der Waals surface area (Å²) in [7, 11) is 0. The zero-order chi connectivity index (χ0) is 17.0. The van der Waals surface area contributed by atoms with Gasteiger partial charge in [-0.15, -0.1) is 0 Å². The third-order valence-electron chi connectivity index (χ3n) is 3.89. The first-order valence-electron chi connectivity index (χ1n) is 7.88. The molecule has 1 aliphatic heterocycles. The number of hydrogen-bond donors (Lipinski definition) is 2. The highest BCUT2D eigenvalue weighted by atomic mass is 35.5. The van der Waals surface area contributed by atoms with Crippen molar-refractivity contribution < 1.29 is 9.59 Å². The number of amides is 3. The zero-order valence-electron chi connectivity index (χ0n) is 13.9. The van der Waals surface area contributed by atoms with Crippen molar-refractivity contribution >= 4 is 29.2 Å². The maximum Gasteiger partial charge on any atom is 0.321 e. The van der Waals surface area contributed by atoms with Crippen LogP contribution in [0, 0.1) is 5.41 Å². The van der Waals surface area contributed by atoms with Crippen LogP contribution in [0.1, 0.15) is 33.6 Å². The van der Waals surface area contributed by atoms with Gasteiger partial charge in [0.15, 0.2) is 0 Å². The van der Waals surface area contributed by atoms with E-state index in [1.54, 1.807) is 29.2 Å². The molecule has 5 nitrogen and oxygen atoms in total. The molecule has 6 heteroatoms. The molecule has 0 aliphatic carbocycles. The Bertz CT molecular complexity index is 558. The van der Waals surface area contributed by atoms with Gasteiger partial charge in [0, 0.05) is 35.3 Å². The SMILES string of the molecule is CC(C)(C)C(=O)NC1CCN(C(=O)Nc2ccc(Cl)cc2)CC1. The van der Waals surface area contributed by atoms with Gasteiger partial charge in [-0.25, -0.2) is 4.79 Å². The van der Waals surface area contributed by atoms with E-state index in [9.17, 15) is 9.59 Å². The minimum atomic E-state index is -0.386. The number of likely N-dealkylation sites (tertiary alicyclic amines) is 1. The number of halogens is 1. The molecular formula is C17H24ClN3O2. The minimum Gasteiger partial charge on any atom is -0.353 e. The Morgan fingerprint density at radius 1 is 1.13 bits per heavy atom. The number of carbonyl (C=O) groups excluding carboxylic acids is 2. The van der Waals surface area contributed by atoms with E-state index < -0.39 is 0 Å². The third kappa shape index (κ3) is 5.13. The molecule has 1 aliphatic rings. The average Bonchev–Trinajstić information content (AvgIpc) is 2.49. The van der Waals surface area contributed by atoms with E-state index in [1.807, 2.05) is 20.8 Å².